The van der Waals surface area contributed by atoms with Crippen LogP contribution in [0.4, 0.5) is 0 Å². The van der Waals surface area contributed by atoms with Crippen LogP contribution in [0.25, 0.3) is 0 Å². The summed E-state index contributed by atoms with van der Waals surface area (Å²) in [6.45, 7) is 4.03. The highest BCUT2D eigenvalue weighted by molar-refractivity contribution is 7.10. The molecule has 0 saturated heterocycles. The Hall–Kier alpha value is -1.90. The van der Waals surface area contributed by atoms with Gasteiger partial charge in [-0.25, -0.2) is 9.78 Å². The lowest BCUT2D eigenvalue weighted by Crippen LogP contribution is -2.40. The number of rotatable bonds is 2. The van der Waals surface area contributed by atoms with Gasteiger partial charge in [0.1, 0.15) is 0 Å². The molecule has 2 aromatic rings. The molecule has 0 aliphatic heterocycles. The van der Waals surface area contributed by atoms with Gasteiger partial charge in [0, 0.05) is 23.4 Å². The number of carbonyl (C=O) groups is 1. The van der Waals surface area contributed by atoms with Crippen molar-refractivity contribution in [1.29, 1.82) is 0 Å². The zero-order valence-corrected chi connectivity index (χ0v) is 12.5. The Balaban J connectivity index is 2.37. The molecule has 6 heteroatoms. The quantitative estimate of drug-likeness (QED) is 0.527. The van der Waals surface area contributed by atoms with Crippen LogP contribution in [0.5, 0.6) is 0 Å². The minimum absolute atomic E-state index is 0.0159. The van der Waals surface area contributed by atoms with E-state index in [0.717, 1.165) is 5.69 Å². The molecule has 0 saturated carbocycles. The summed E-state index contributed by atoms with van der Waals surface area (Å²) in [6, 6.07) is 5.68. The third-order valence-corrected chi connectivity index (χ3v) is 3.58. The van der Waals surface area contributed by atoms with Gasteiger partial charge >= 0.3 is 5.97 Å². The first kappa shape index (κ1) is 14.5. The van der Waals surface area contributed by atoms with E-state index in [1.807, 2.05) is 30.5 Å². The van der Waals surface area contributed by atoms with E-state index in [0.29, 0.717) is 10.2 Å². The maximum absolute atomic E-state index is 10.8. The van der Waals surface area contributed by atoms with Crippen LogP contribution in [0.3, 0.4) is 0 Å². The fraction of sp³-hybridized carbons (Fsp3) is 0.214. The molecule has 0 unspecified atom stereocenters. The van der Waals surface area contributed by atoms with E-state index in [-0.39, 0.29) is 11.7 Å². The molecule has 2 aromatic heterocycles. The van der Waals surface area contributed by atoms with Gasteiger partial charge in [0.05, 0.1) is 0 Å². The predicted molar refractivity (Wildman–Crippen MR) is 77.1 cm³/mol. The molecule has 0 bridgehead atoms. The lowest BCUT2D eigenvalue weighted by molar-refractivity contribution is -0.716. The summed E-state index contributed by atoms with van der Waals surface area (Å²) < 4.78 is 1.90. The molecule has 2 rings (SSSR count). The highest BCUT2D eigenvalue weighted by Gasteiger charge is 2.17. The van der Waals surface area contributed by atoms with Crippen LogP contribution in [-0.4, -0.2) is 16.1 Å². The van der Waals surface area contributed by atoms with Gasteiger partial charge in [0.2, 0.25) is 0 Å². The van der Waals surface area contributed by atoms with Crippen molar-refractivity contribution in [3.63, 3.8) is 0 Å². The predicted octanol–water partition coefficient (Wildman–Crippen LogP) is 2.76. The smallest absolute Gasteiger partial charge is 0.355 e. The summed E-state index contributed by atoms with van der Waals surface area (Å²) >= 11 is 7.36. The first-order chi connectivity index (χ1) is 9.49. The molecule has 0 atom stereocenters. The summed E-state index contributed by atoms with van der Waals surface area (Å²) in [4.78, 5) is 14.7. The molecule has 0 amide bonds. The van der Waals surface area contributed by atoms with E-state index in [2.05, 4.69) is 16.8 Å². The second kappa shape index (κ2) is 6.04. The number of aromatic nitrogens is 2. The Labute approximate surface area is 125 Å². The highest BCUT2D eigenvalue weighted by Crippen LogP contribution is 2.10. The third-order valence-electron chi connectivity index (χ3n) is 2.51. The van der Waals surface area contributed by atoms with Crippen LogP contribution >= 0.6 is 22.9 Å². The normalized spacial score (nSPS) is 10.2. The number of nitrogens with zero attached hydrogens (tertiary/aromatic N) is 2. The minimum Gasteiger partial charge on any atom is -0.476 e. The minimum atomic E-state index is -1.05. The molecule has 4 nitrogen and oxygen atoms in total. The Morgan fingerprint density at radius 3 is 2.80 bits per heavy atom. The van der Waals surface area contributed by atoms with E-state index in [1.54, 1.807) is 6.07 Å². The van der Waals surface area contributed by atoms with Gasteiger partial charge in [-0.1, -0.05) is 0 Å². The van der Waals surface area contributed by atoms with Crippen LogP contribution in [0, 0.1) is 11.8 Å². The largest absolute Gasteiger partial charge is 0.476 e. The highest BCUT2D eigenvalue weighted by atomic mass is 35.5. The fourth-order valence-electron chi connectivity index (χ4n) is 1.67. The zero-order valence-electron chi connectivity index (χ0n) is 10.9. The number of halogens is 1. The molecule has 102 valence electrons. The molecule has 1 N–H and O–H groups in total. The van der Waals surface area contributed by atoms with Crippen LogP contribution in [0.2, 0.25) is 5.15 Å². The standard InChI is InChI=1S/C14H11ClN2O2S/c1-9(2)17-10(4-3-5-12(17)15)6-7-13-16-11(8-20-13)14(18)19/h3-5,8-9H,1-2H3/p+1. The van der Waals surface area contributed by atoms with E-state index >= 15 is 0 Å². The number of hydrogen-bond donors (Lipinski definition) is 1. The average Bonchev–Trinajstić information content (AvgIpc) is 2.84. The molecular formula is C14H12ClN2O2S+. The molecule has 2 heterocycles. The summed E-state index contributed by atoms with van der Waals surface area (Å²) in [7, 11) is 0. The molecule has 0 radical (unpaired) electrons. The van der Waals surface area contributed by atoms with Gasteiger partial charge in [-0.2, -0.15) is 4.57 Å². The van der Waals surface area contributed by atoms with Crippen LogP contribution in [-0.2, 0) is 0 Å². The van der Waals surface area contributed by atoms with Crippen molar-refractivity contribution in [2.45, 2.75) is 19.9 Å². The Morgan fingerprint density at radius 1 is 1.45 bits per heavy atom. The van der Waals surface area contributed by atoms with Crippen LogP contribution in [0.1, 0.15) is 41.1 Å². The molecular weight excluding hydrogens is 296 g/mol. The second-order valence-electron chi connectivity index (χ2n) is 4.29. The Bertz CT molecular complexity index is 713. The van der Waals surface area contributed by atoms with Crippen molar-refractivity contribution in [3.8, 4) is 11.8 Å². The SMILES string of the molecule is CC(C)[n+]1c(Cl)cccc1C#Cc1nc(C(=O)O)cs1. The van der Waals surface area contributed by atoms with Gasteiger partial charge in [-0.3, -0.25) is 0 Å². The first-order valence-corrected chi connectivity index (χ1v) is 7.15. The van der Waals surface area contributed by atoms with E-state index in [4.69, 9.17) is 16.7 Å². The van der Waals surface area contributed by atoms with Crippen LogP contribution < -0.4 is 4.57 Å². The summed E-state index contributed by atoms with van der Waals surface area (Å²) in [5.41, 5.74) is 0.779. The van der Waals surface area contributed by atoms with E-state index in [1.165, 1.54) is 16.7 Å². The second-order valence-corrected chi connectivity index (χ2v) is 5.54. The average molecular weight is 308 g/mol. The van der Waals surface area contributed by atoms with Crippen molar-refractivity contribution < 1.29 is 14.5 Å². The topological polar surface area (TPSA) is 54.1 Å². The first-order valence-electron chi connectivity index (χ1n) is 5.90. The van der Waals surface area contributed by atoms with Crippen molar-refractivity contribution in [2.24, 2.45) is 0 Å². The number of thiazole rings is 1. The van der Waals surface area contributed by atoms with Gasteiger partial charge in [-0.05, 0) is 37.4 Å². The molecule has 20 heavy (non-hydrogen) atoms. The van der Waals surface area contributed by atoms with Crippen molar-refractivity contribution in [3.05, 3.63) is 45.1 Å². The van der Waals surface area contributed by atoms with Crippen molar-refractivity contribution in [2.75, 3.05) is 0 Å². The van der Waals surface area contributed by atoms with Crippen molar-refractivity contribution >= 4 is 28.9 Å². The number of aromatic carboxylic acids is 1. The van der Waals surface area contributed by atoms with Gasteiger partial charge < -0.3 is 5.11 Å². The van der Waals surface area contributed by atoms with Gasteiger partial charge in [0.15, 0.2) is 16.7 Å². The molecule has 0 aliphatic rings. The number of pyridine rings is 1. The summed E-state index contributed by atoms with van der Waals surface area (Å²) in [5, 5.41) is 11.4. The molecule has 0 fully saturated rings. The Morgan fingerprint density at radius 2 is 2.20 bits per heavy atom. The van der Waals surface area contributed by atoms with Gasteiger partial charge in [-0.15, -0.1) is 11.3 Å². The molecule has 0 spiro atoms. The molecule has 0 aromatic carbocycles. The summed E-state index contributed by atoms with van der Waals surface area (Å²) in [5.74, 6) is 4.81. The maximum atomic E-state index is 10.8. The van der Waals surface area contributed by atoms with E-state index < -0.39 is 5.97 Å². The lowest BCUT2D eigenvalue weighted by Gasteiger charge is -2.03. The third kappa shape index (κ3) is 3.16. The molecule has 0 aliphatic carbocycles. The van der Waals surface area contributed by atoms with Gasteiger partial charge in [0.25, 0.3) is 10.8 Å². The number of carboxylic acids is 1. The zero-order chi connectivity index (χ0) is 14.7. The van der Waals surface area contributed by atoms with Crippen molar-refractivity contribution in [1.82, 2.24) is 4.98 Å². The monoisotopic (exact) mass is 307 g/mol. The summed E-state index contributed by atoms with van der Waals surface area (Å²) in [6.07, 6.45) is 0. The Kier molecular flexibility index (Phi) is 4.38. The maximum Gasteiger partial charge on any atom is 0.355 e. The van der Waals surface area contributed by atoms with Crippen LogP contribution in [0.15, 0.2) is 23.6 Å². The van der Waals surface area contributed by atoms with E-state index in [9.17, 15) is 4.79 Å². The number of hydrogen-bond acceptors (Lipinski definition) is 3. The lowest BCUT2D eigenvalue weighted by atomic mass is 10.3. The fourth-order valence-corrected chi connectivity index (χ4v) is 2.66. The number of carboxylic acid groups (broad SMARTS) is 1.